The Balaban J connectivity index is 1.73. The minimum atomic E-state index is -0.206. The quantitative estimate of drug-likeness (QED) is 0.398. The van der Waals surface area contributed by atoms with Crippen LogP contribution in [0.1, 0.15) is 42.0 Å². The summed E-state index contributed by atoms with van der Waals surface area (Å²) in [6.45, 7) is 17.5. The van der Waals surface area contributed by atoms with Crippen molar-refractivity contribution in [1.29, 1.82) is 0 Å². The number of rotatable bonds is 9. The maximum atomic E-state index is 12.3. The van der Waals surface area contributed by atoms with Crippen molar-refractivity contribution in [3.05, 3.63) is 58.5 Å². The monoisotopic (exact) mass is 464 g/mol. The van der Waals surface area contributed by atoms with E-state index in [0.29, 0.717) is 6.54 Å². The smallest absolute Gasteiger partial charge is 0.319 e. The Morgan fingerprint density at radius 2 is 1.68 bits per heavy atom. The van der Waals surface area contributed by atoms with Crippen LogP contribution in [0.3, 0.4) is 0 Å². The molecule has 0 spiro atoms. The lowest BCUT2D eigenvalue weighted by Gasteiger charge is -2.18. The summed E-state index contributed by atoms with van der Waals surface area (Å²) in [6.07, 6.45) is 0. The molecule has 0 aliphatic carbocycles. The van der Waals surface area contributed by atoms with Crippen molar-refractivity contribution in [3.8, 4) is 22.6 Å². The molecule has 0 atom stereocenters. The number of benzene rings is 2. The molecule has 0 radical (unpaired) electrons. The van der Waals surface area contributed by atoms with Crippen LogP contribution in [0, 0.1) is 34.6 Å². The molecular formula is C27H36N4O3. The molecule has 0 unspecified atom stereocenters. The van der Waals surface area contributed by atoms with E-state index in [1.165, 1.54) is 0 Å². The Labute approximate surface area is 202 Å². The molecule has 7 nitrogen and oxygen atoms in total. The maximum absolute atomic E-state index is 12.3. The molecule has 0 saturated heterocycles. The van der Waals surface area contributed by atoms with Crippen LogP contribution in [0.15, 0.2) is 34.9 Å². The van der Waals surface area contributed by atoms with E-state index in [-0.39, 0.29) is 6.03 Å². The van der Waals surface area contributed by atoms with Crippen LogP contribution in [0.5, 0.6) is 11.5 Å². The van der Waals surface area contributed by atoms with Gasteiger partial charge in [-0.05, 0) is 94.2 Å². The number of urea groups is 1. The number of aromatic nitrogens is 1. The summed E-state index contributed by atoms with van der Waals surface area (Å²) in [4.78, 5) is 14.6. The Kier molecular flexibility index (Phi) is 8.34. The fourth-order valence-corrected chi connectivity index (χ4v) is 4.19. The Morgan fingerprint density at radius 1 is 1.00 bits per heavy atom. The number of likely N-dealkylation sites (N-methyl/N-ethyl adjacent to an activating group) is 1. The summed E-state index contributed by atoms with van der Waals surface area (Å²) in [5, 5.41) is 9.93. The molecular weight excluding hydrogens is 428 g/mol. The van der Waals surface area contributed by atoms with Crippen LogP contribution in [-0.2, 0) is 0 Å². The van der Waals surface area contributed by atoms with Gasteiger partial charge in [-0.15, -0.1) is 0 Å². The maximum Gasteiger partial charge on any atom is 0.319 e. The molecule has 7 heteroatoms. The Hall–Kier alpha value is -3.32. The number of carbonyl (C=O) groups is 1. The van der Waals surface area contributed by atoms with E-state index in [1.807, 2.05) is 58.9 Å². The van der Waals surface area contributed by atoms with Crippen LogP contribution >= 0.6 is 0 Å². The predicted octanol–water partition coefficient (Wildman–Crippen LogP) is 6.14. The molecule has 1 aromatic heterocycles. The third-order valence-corrected chi connectivity index (χ3v) is 5.92. The van der Waals surface area contributed by atoms with Gasteiger partial charge in [0.15, 0.2) is 0 Å². The van der Waals surface area contributed by atoms with Crippen molar-refractivity contribution in [2.45, 2.75) is 48.5 Å². The molecule has 1 heterocycles. The fourth-order valence-electron chi connectivity index (χ4n) is 4.19. The van der Waals surface area contributed by atoms with Crippen molar-refractivity contribution in [1.82, 2.24) is 15.4 Å². The van der Waals surface area contributed by atoms with Crippen LogP contribution in [0.25, 0.3) is 11.1 Å². The summed E-state index contributed by atoms with van der Waals surface area (Å²) < 4.78 is 11.7. The molecule has 2 amide bonds. The zero-order chi connectivity index (χ0) is 24.8. The molecule has 2 N–H and O–H groups in total. The Bertz CT molecular complexity index is 1110. The average molecular weight is 465 g/mol. The summed E-state index contributed by atoms with van der Waals surface area (Å²) in [7, 11) is 0. The van der Waals surface area contributed by atoms with Crippen LogP contribution in [0.4, 0.5) is 10.5 Å². The lowest BCUT2D eigenvalue weighted by molar-refractivity contribution is 0.248. The van der Waals surface area contributed by atoms with Gasteiger partial charge in [-0.1, -0.05) is 25.1 Å². The van der Waals surface area contributed by atoms with Crippen LogP contribution in [0.2, 0.25) is 0 Å². The summed E-state index contributed by atoms with van der Waals surface area (Å²) in [6, 6.07) is 9.77. The van der Waals surface area contributed by atoms with Gasteiger partial charge < -0.3 is 24.8 Å². The number of ether oxygens (including phenoxy) is 1. The van der Waals surface area contributed by atoms with E-state index in [1.54, 1.807) is 0 Å². The minimum absolute atomic E-state index is 0.206. The number of nitrogens with one attached hydrogen (secondary N) is 2. The lowest BCUT2D eigenvalue weighted by atomic mass is 10.0. The Morgan fingerprint density at radius 3 is 2.26 bits per heavy atom. The van der Waals surface area contributed by atoms with Gasteiger partial charge in [-0.25, -0.2) is 4.79 Å². The van der Waals surface area contributed by atoms with E-state index >= 15 is 0 Å². The first-order valence-electron chi connectivity index (χ1n) is 11.8. The zero-order valence-electron chi connectivity index (χ0n) is 21.3. The van der Waals surface area contributed by atoms with E-state index < -0.39 is 0 Å². The second-order valence-electron chi connectivity index (χ2n) is 8.68. The molecule has 3 aromatic rings. The van der Waals surface area contributed by atoms with Crippen molar-refractivity contribution in [3.63, 3.8) is 0 Å². The highest BCUT2D eigenvalue weighted by Crippen LogP contribution is 2.35. The molecule has 0 aliphatic rings. The third kappa shape index (κ3) is 6.17. The highest BCUT2D eigenvalue weighted by molar-refractivity contribution is 5.89. The largest absolute Gasteiger partial charge is 0.457 e. The lowest BCUT2D eigenvalue weighted by Crippen LogP contribution is -2.36. The number of amides is 2. The first-order valence-corrected chi connectivity index (χ1v) is 11.8. The topological polar surface area (TPSA) is 79.6 Å². The fraction of sp³-hybridized carbons (Fsp3) is 0.407. The number of nitrogens with zero attached hydrogens (tertiary/aromatic N) is 2. The first-order chi connectivity index (χ1) is 16.2. The predicted molar refractivity (Wildman–Crippen MR) is 137 cm³/mol. The molecule has 0 saturated carbocycles. The number of carbonyl (C=O) groups excluding carboxylic acids is 1. The molecule has 3 rings (SSSR count). The summed E-state index contributed by atoms with van der Waals surface area (Å²) in [5.74, 6) is 2.31. The molecule has 2 aromatic carbocycles. The van der Waals surface area contributed by atoms with E-state index in [4.69, 9.17) is 9.26 Å². The third-order valence-electron chi connectivity index (χ3n) is 5.92. The molecule has 0 fully saturated rings. The molecule has 34 heavy (non-hydrogen) atoms. The van der Waals surface area contributed by atoms with Crippen LogP contribution < -0.4 is 15.4 Å². The van der Waals surface area contributed by atoms with E-state index in [9.17, 15) is 4.79 Å². The van der Waals surface area contributed by atoms with Gasteiger partial charge in [-0.3, -0.25) is 0 Å². The van der Waals surface area contributed by atoms with Crippen molar-refractivity contribution < 1.29 is 14.1 Å². The average Bonchev–Trinajstić information content (AvgIpc) is 3.11. The minimum Gasteiger partial charge on any atom is -0.457 e. The van der Waals surface area contributed by atoms with Crippen LogP contribution in [-0.4, -0.2) is 42.3 Å². The first kappa shape index (κ1) is 25.3. The zero-order valence-corrected chi connectivity index (χ0v) is 21.3. The standard InChI is InChI=1S/C27H36N4O3/c1-8-31(9-2)11-10-28-27(32)29-23-14-18(4)26(19(5)15-23)33-24-13-17(3)12-22(16-24)25-20(6)30-34-21(25)7/h12-16H,8-11H2,1-7H3,(H2,28,29,32). The molecule has 0 aliphatic heterocycles. The number of aryl methyl sites for hydroxylation is 5. The second-order valence-corrected chi connectivity index (χ2v) is 8.68. The normalized spacial score (nSPS) is 11.1. The number of hydrogen-bond donors (Lipinski definition) is 2. The van der Waals surface area contributed by atoms with Crippen molar-refractivity contribution in [2.75, 3.05) is 31.5 Å². The van der Waals surface area contributed by atoms with E-state index in [2.05, 4.69) is 40.6 Å². The van der Waals surface area contributed by atoms with Crippen molar-refractivity contribution in [2.24, 2.45) is 0 Å². The van der Waals surface area contributed by atoms with Gasteiger partial charge in [0.2, 0.25) is 0 Å². The van der Waals surface area contributed by atoms with Gasteiger partial charge in [0, 0.05) is 24.3 Å². The van der Waals surface area contributed by atoms with Gasteiger partial charge in [0.05, 0.1) is 5.69 Å². The van der Waals surface area contributed by atoms with E-state index in [0.717, 1.165) is 76.1 Å². The van der Waals surface area contributed by atoms with Gasteiger partial charge in [-0.2, -0.15) is 0 Å². The highest BCUT2D eigenvalue weighted by Gasteiger charge is 2.15. The molecule has 182 valence electrons. The van der Waals surface area contributed by atoms with Gasteiger partial charge >= 0.3 is 6.03 Å². The summed E-state index contributed by atoms with van der Waals surface area (Å²) >= 11 is 0. The molecule has 0 bridgehead atoms. The highest BCUT2D eigenvalue weighted by atomic mass is 16.5. The van der Waals surface area contributed by atoms with Gasteiger partial charge in [0.25, 0.3) is 0 Å². The number of anilines is 1. The number of hydrogen-bond acceptors (Lipinski definition) is 5. The van der Waals surface area contributed by atoms with Crippen molar-refractivity contribution >= 4 is 11.7 Å². The van der Waals surface area contributed by atoms with Gasteiger partial charge in [0.1, 0.15) is 17.3 Å². The summed E-state index contributed by atoms with van der Waals surface area (Å²) in [5.41, 5.74) is 6.57. The SMILES string of the molecule is CCN(CC)CCNC(=O)Nc1cc(C)c(Oc2cc(C)cc(-c3c(C)noc3C)c2)c(C)c1. The second kappa shape index (κ2) is 11.2.